The number of hydrazine groups is 1. The van der Waals surface area contributed by atoms with Crippen LogP contribution < -0.4 is 10.6 Å². The number of fused-ring (bicyclic) bond motifs is 1. The lowest BCUT2D eigenvalue weighted by Crippen LogP contribution is -2.46. The van der Waals surface area contributed by atoms with E-state index in [9.17, 15) is 5.11 Å². The average molecular weight is 293 g/mol. The Morgan fingerprint density at radius 2 is 1.77 bits per heavy atom. The highest BCUT2D eigenvalue weighted by Crippen LogP contribution is 2.27. The van der Waals surface area contributed by atoms with Crippen molar-refractivity contribution < 1.29 is 5.11 Å². The third-order valence-electron chi connectivity index (χ3n) is 4.29. The van der Waals surface area contributed by atoms with Crippen LogP contribution in [0.15, 0.2) is 59.6 Å². The van der Waals surface area contributed by atoms with Crippen molar-refractivity contribution in [1.82, 2.24) is 10.0 Å². The van der Waals surface area contributed by atoms with Crippen LogP contribution in [-0.4, -0.2) is 34.3 Å². The van der Waals surface area contributed by atoms with E-state index in [1.807, 2.05) is 30.3 Å². The minimum absolute atomic E-state index is 0.0681. The van der Waals surface area contributed by atoms with Gasteiger partial charge in [0.25, 0.3) is 0 Å². The largest absolute Gasteiger partial charge is 0.392 e. The molecule has 22 heavy (non-hydrogen) atoms. The summed E-state index contributed by atoms with van der Waals surface area (Å²) >= 11 is 0. The summed E-state index contributed by atoms with van der Waals surface area (Å²) in [6, 6.07) is 18.5. The van der Waals surface area contributed by atoms with Crippen LogP contribution in [0.3, 0.4) is 0 Å². The van der Waals surface area contributed by atoms with Gasteiger partial charge in [-0.15, -0.1) is 0 Å². The van der Waals surface area contributed by atoms with Crippen LogP contribution in [0.1, 0.15) is 18.2 Å². The number of nitrogens with zero attached hydrogens (tertiary/aromatic N) is 3. The van der Waals surface area contributed by atoms with Gasteiger partial charge in [0.1, 0.15) is 0 Å². The van der Waals surface area contributed by atoms with Crippen LogP contribution in [0.5, 0.6) is 0 Å². The topological polar surface area (TPSA) is 39.1 Å². The Morgan fingerprint density at radius 3 is 2.55 bits per heavy atom. The third kappa shape index (κ3) is 2.40. The van der Waals surface area contributed by atoms with Gasteiger partial charge in [-0.2, -0.15) is 0 Å². The maximum atomic E-state index is 9.87. The predicted octanol–water partition coefficient (Wildman–Crippen LogP) is 1.04. The van der Waals surface area contributed by atoms with Gasteiger partial charge >= 0.3 is 0 Å². The predicted molar refractivity (Wildman–Crippen MR) is 84.9 cm³/mol. The molecular weight excluding hydrogens is 274 g/mol. The van der Waals surface area contributed by atoms with Crippen molar-refractivity contribution in [2.75, 3.05) is 13.1 Å². The zero-order valence-electron chi connectivity index (χ0n) is 12.3. The minimum Gasteiger partial charge on any atom is -0.392 e. The molecule has 0 aromatic heterocycles. The van der Waals surface area contributed by atoms with Gasteiger partial charge < -0.3 is 5.11 Å². The summed E-state index contributed by atoms with van der Waals surface area (Å²) in [5, 5.41) is 16.4. The summed E-state index contributed by atoms with van der Waals surface area (Å²) in [7, 11) is 0. The molecule has 1 N–H and O–H groups in total. The van der Waals surface area contributed by atoms with E-state index in [0.29, 0.717) is 6.54 Å². The molecule has 2 aromatic rings. The maximum absolute atomic E-state index is 9.87. The lowest BCUT2D eigenvalue weighted by Gasteiger charge is -2.37. The fourth-order valence-electron chi connectivity index (χ4n) is 3.14. The van der Waals surface area contributed by atoms with Gasteiger partial charge in [-0.25, -0.2) is 5.01 Å². The molecule has 1 saturated heterocycles. The van der Waals surface area contributed by atoms with E-state index in [-0.39, 0.29) is 12.3 Å². The van der Waals surface area contributed by atoms with Crippen molar-refractivity contribution in [3.63, 3.8) is 0 Å². The number of hydrogen-bond donors (Lipinski definition) is 1. The second-order valence-corrected chi connectivity index (χ2v) is 5.84. The molecule has 2 aliphatic heterocycles. The molecule has 0 radical (unpaired) electrons. The van der Waals surface area contributed by atoms with E-state index >= 15 is 0 Å². The molecule has 2 aromatic carbocycles. The molecule has 0 aliphatic carbocycles. The van der Waals surface area contributed by atoms with Crippen LogP contribution in [0.4, 0.5) is 0 Å². The smallest absolute Gasteiger partial charge is 0.161 e. The van der Waals surface area contributed by atoms with E-state index in [2.05, 4.69) is 40.5 Å². The van der Waals surface area contributed by atoms with Gasteiger partial charge in [-0.1, -0.05) is 48.5 Å². The Morgan fingerprint density at radius 1 is 1.00 bits per heavy atom. The number of para-hydroxylation sites is 1. The number of β-amino-alcohol motifs (C(OH)–C–C–N with tert-alkyl or cyclic N) is 1. The number of rotatable bonds is 2. The van der Waals surface area contributed by atoms with Gasteiger partial charge in [0.05, 0.1) is 11.5 Å². The fourth-order valence-corrected chi connectivity index (χ4v) is 3.14. The van der Waals surface area contributed by atoms with Crippen molar-refractivity contribution in [1.29, 1.82) is 0 Å². The quantitative estimate of drug-likeness (QED) is 0.899. The standard InChI is InChI=1S/C18H19N3O/c22-16-10-11-20(13-16)21-12-15-8-4-5-9-17(15)19-18(21)14-6-2-1-3-7-14/h1-9,12,16,18,22H,10-11,13H2/t16?,18-/m0/s1. The van der Waals surface area contributed by atoms with E-state index in [4.69, 9.17) is 4.99 Å². The molecule has 2 aliphatic rings. The summed E-state index contributed by atoms with van der Waals surface area (Å²) in [5.41, 5.74) is 1.16. The molecule has 4 nitrogen and oxygen atoms in total. The van der Waals surface area contributed by atoms with Gasteiger partial charge in [0.15, 0.2) is 6.17 Å². The molecule has 4 heteroatoms. The second-order valence-electron chi connectivity index (χ2n) is 5.84. The van der Waals surface area contributed by atoms with E-state index in [1.165, 1.54) is 0 Å². The minimum atomic E-state index is -0.248. The molecule has 1 fully saturated rings. The molecular formula is C18H19N3O. The van der Waals surface area contributed by atoms with Crippen molar-refractivity contribution in [3.05, 3.63) is 70.7 Å². The molecule has 4 rings (SSSR count). The first-order valence-electron chi connectivity index (χ1n) is 7.72. The number of benzene rings is 2. The normalized spacial score (nSPS) is 24.5. The van der Waals surface area contributed by atoms with Gasteiger partial charge in [-0.3, -0.25) is 10.0 Å². The Bertz CT molecular complexity index is 774. The highest BCUT2D eigenvalue weighted by atomic mass is 16.3. The number of aliphatic hydroxyl groups is 1. The zero-order chi connectivity index (χ0) is 14.9. The summed E-state index contributed by atoms with van der Waals surface area (Å²) in [5.74, 6) is 0. The van der Waals surface area contributed by atoms with Crippen molar-refractivity contribution in [2.24, 2.45) is 4.99 Å². The Kier molecular flexibility index (Phi) is 3.41. The van der Waals surface area contributed by atoms with Crippen LogP contribution >= 0.6 is 0 Å². The molecule has 112 valence electrons. The molecule has 0 saturated carbocycles. The average Bonchev–Trinajstić information content (AvgIpc) is 3.01. The third-order valence-corrected chi connectivity index (χ3v) is 4.29. The molecule has 2 heterocycles. The van der Waals surface area contributed by atoms with Crippen molar-refractivity contribution in [2.45, 2.75) is 18.7 Å². The van der Waals surface area contributed by atoms with Gasteiger partial charge in [0.2, 0.25) is 0 Å². The van der Waals surface area contributed by atoms with Crippen LogP contribution in [0.2, 0.25) is 0 Å². The lowest BCUT2D eigenvalue weighted by molar-refractivity contribution is 0.0122. The summed E-state index contributed by atoms with van der Waals surface area (Å²) in [4.78, 5) is 4.94. The summed E-state index contributed by atoms with van der Waals surface area (Å²) in [6.45, 7) is 1.52. The highest BCUT2D eigenvalue weighted by molar-refractivity contribution is 5.29. The fraction of sp³-hybridized carbons (Fsp3) is 0.278. The first-order valence-corrected chi connectivity index (χ1v) is 7.72. The molecule has 2 atom stereocenters. The summed E-state index contributed by atoms with van der Waals surface area (Å²) < 4.78 is 0. The highest BCUT2D eigenvalue weighted by Gasteiger charge is 2.30. The number of aliphatic hydroxyl groups excluding tert-OH is 1. The molecule has 1 unspecified atom stereocenters. The summed E-state index contributed by atoms with van der Waals surface area (Å²) in [6.07, 6.45) is 2.65. The molecule has 0 bridgehead atoms. The zero-order valence-corrected chi connectivity index (χ0v) is 12.3. The van der Waals surface area contributed by atoms with E-state index in [0.717, 1.165) is 29.1 Å². The molecule has 0 spiro atoms. The Balaban J connectivity index is 1.81. The maximum Gasteiger partial charge on any atom is 0.161 e. The first-order chi connectivity index (χ1) is 10.8. The van der Waals surface area contributed by atoms with Crippen molar-refractivity contribution >= 4 is 6.20 Å². The van der Waals surface area contributed by atoms with Crippen molar-refractivity contribution in [3.8, 4) is 0 Å². The molecule has 0 amide bonds. The second kappa shape index (κ2) is 5.55. The monoisotopic (exact) mass is 293 g/mol. The SMILES string of the molecule is OC1CCN(N2C=c3ccccc3=N[C@@H]2c2ccccc2)C1. The lowest BCUT2D eigenvalue weighted by atomic mass is 10.1. The van der Waals surface area contributed by atoms with E-state index < -0.39 is 0 Å². The first kappa shape index (κ1) is 13.5. The Hall–Kier alpha value is -2.17. The van der Waals surface area contributed by atoms with E-state index in [1.54, 1.807) is 0 Å². The number of hydrogen-bond acceptors (Lipinski definition) is 4. The van der Waals surface area contributed by atoms with Gasteiger partial charge in [0, 0.05) is 24.5 Å². The van der Waals surface area contributed by atoms with Crippen LogP contribution in [-0.2, 0) is 0 Å². The van der Waals surface area contributed by atoms with Crippen LogP contribution in [0.25, 0.3) is 6.20 Å². The Labute approximate surface area is 129 Å². The van der Waals surface area contributed by atoms with Gasteiger partial charge in [-0.05, 0) is 18.1 Å². The van der Waals surface area contributed by atoms with Crippen LogP contribution in [0, 0.1) is 0 Å².